The fourth-order valence-corrected chi connectivity index (χ4v) is 4.17. The number of amides is 1. The van der Waals surface area contributed by atoms with Crippen LogP contribution in [0.2, 0.25) is 0 Å². The van der Waals surface area contributed by atoms with E-state index in [0.717, 1.165) is 16.7 Å². The van der Waals surface area contributed by atoms with Gasteiger partial charge in [-0.25, -0.2) is 0 Å². The van der Waals surface area contributed by atoms with Gasteiger partial charge in [0.2, 0.25) is 0 Å². The Morgan fingerprint density at radius 3 is 2.77 bits per heavy atom. The number of nitrogens with zero attached hydrogens (tertiary/aromatic N) is 2. The lowest BCUT2D eigenvalue weighted by molar-refractivity contribution is 0.0706. The lowest BCUT2D eigenvalue weighted by atomic mass is 9.94. The normalized spacial score (nSPS) is 15.5. The number of phenolic OH excluding ortho intramolecular Hbond substituents is 1. The van der Waals surface area contributed by atoms with E-state index in [4.69, 9.17) is 4.74 Å². The molecule has 7 heteroatoms. The minimum Gasteiger partial charge on any atom is -0.507 e. The third-order valence-corrected chi connectivity index (χ3v) is 5.39. The number of benzene rings is 2. The molecule has 0 bridgehead atoms. The van der Waals surface area contributed by atoms with E-state index < -0.39 is 6.04 Å². The van der Waals surface area contributed by atoms with Crippen molar-refractivity contribution in [1.82, 2.24) is 15.1 Å². The van der Waals surface area contributed by atoms with Crippen molar-refractivity contribution >= 4 is 5.91 Å². The first-order valence-corrected chi connectivity index (χ1v) is 9.99. The lowest BCUT2D eigenvalue weighted by Gasteiger charge is -2.26. The van der Waals surface area contributed by atoms with Gasteiger partial charge < -0.3 is 19.8 Å². The Labute approximate surface area is 174 Å². The van der Waals surface area contributed by atoms with E-state index in [2.05, 4.69) is 10.2 Å². The zero-order valence-electron chi connectivity index (χ0n) is 17.3. The highest BCUT2D eigenvalue weighted by Crippen LogP contribution is 2.45. The van der Waals surface area contributed by atoms with Crippen LogP contribution >= 0.6 is 0 Å². The number of aromatic amines is 1. The Balaban J connectivity index is 1.92. The Morgan fingerprint density at radius 1 is 1.23 bits per heavy atom. The fraction of sp³-hybridized carbons (Fsp3) is 0.304. The number of β-amino-alcohol motifs (C(OH)–C–C–N with tert-alkyl or cyclic N) is 1. The van der Waals surface area contributed by atoms with Gasteiger partial charge in [0.05, 0.1) is 19.3 Å². The van der Waals surface area contributed by atoms with Crippen molar-refractivity contribution in [2.24, 2.45) is 0 Å². The number of aliphatic hydroxyl groups excluding tert-OH is 1. The summed E-state index contributed by atoms with van der Waals surface area (Å²) >= 11 is 0. The smallest absolute Gasteiger partial charge is 0.273 e. The third-order valence-electron chi connectivity index (χ3n) is 5.39. The van der Waals surface area contributed by atoms with Crippen LogP contribution in [-0.2, 0) is 0 Å². The summed E-state index contributed by atoms with van der Waals surface area (Å²) in [5, 5.41) is 27.6. The maximum Gasteiger partial charge on any atom is 0.273 e. The van der Waals surface area contributed by atoms with Gasteiger partial charge in [0.15, 0.2) is 0 Å². The number of H-pyrrole nitrogens is 1. The Morgan fingerprint density at radius 2 is 2.03 bits per heavy atom. The molecule has 3 aromatic rings. The van der Waals surface area contributed by atoms with Crippen molar-refractivity contribution in [3.63, 3.8) is 0 Å². The van der Waals surface area contributed by atoms with E-state index in [1.54, 1.807) is 4.90 Å². The molecule has 2 aromatic carbocycles. The molecule has 0 unspecified atom stereocenters. The maximum atomic E-state index is 13.1. The minimum absolute atomic E-state index is 0.143. The SMILES string of the molecule is CCOc1cccc([C@@H]2c3c(-c4cc(C)cc(C)c4O)n[nH]c3C(=O)N2CCO)c1. The second-order valence-electron chi connectivity index (χ2n) is 7.47. The summed E-state index contributed by atoms with van der Waals surface area (Å²) in [7, 11) is 0. The number of aromatic hydroxyl groups is 1. The standard InChI is InChI=1S/C23H25N3O4/c1-4-30-16-7-5-6-15(12-16)21-18-19(17-11-13(2)10-14(3)22(17)28)24-25-20(18)23(29)26(21)8-9-27/h5-7,10-12,21,27-28H,4,8-9H2,1-3H3,(H,24,25)/t21-/m1/s1. The molecule has 156 valence electrons. The van der Waals surface area contributed by atoms with Crippen LogP contribution in [0.4, 0.5) is 0 Å². The first-order valence-electron chi connectivity index (χ1n) is 9.99. The van der Waals surface area contributed by atoms with Gasteiger partial charge in [-0.05, 0) is 55.7 Å². The van der Waals surface area contributed by atoms with E-state index in [0.29, 0.717) is 34.9 Å². The summed E-state index contributed by atoms with van der Waals surface area (Å²) < 4.78 is 5.65. The second-order valence-corrected chi connectivity index (χ2v) is 7.47. The maximum absolute atomic E-state index is 13.1. The van der Waals surface area contributed by atoms with Crippen molar-refractivity contribution in [2.45, 2.75) is 26.8 Å². The summed E-state index contributed by atoms with van der Waals surface area (Å²) in [6.45, 7) is 6.27. The number of rotatable bonds is 6. The highest BCUT2D eigenvalue weighted by Gasteiger charge is 2.42. The first kappa shape index (κ1) is 20.0. The lowest BCUT2D eigenvalue weighted by Crippen LogP contribution is -2.32. The third kappa shape index (κ3) is 3.21. The average molecular weight is 407 g/mol. The molecule has 0 saturated heterocycles. The molecule has 0 aliphatic carbocycles. The quantitative estimate of drug-likeness (QED) is 0.582. The molecule has 2 heterocycles. The van der Waals surface area contributed by atoms with Gasteiger partial charge >= 0.3 is 0 Å². The van der Waals surface area contributed by atoms with Crippen LogP contribution in [0, 0.1) is 13.8 Å². The number of aromatic nitrogens is 2. The van der Waals surface area contributed by atoms with Crippen LogP contribution in [-0.4, -0.2) is 51.0 Å². The predicted molar refractivity (Wildman–Crippen MR) is 113 cm³/mol. The molecule has 30 heavy (non-hydrogen) atoms. The van der Waals surface area contributed by atoms with Gasteiger partial charge in [-0.3, -0.25) is 9.89 Å². The molecule has 7 nitrogen and oxygen atoms in total. The van der Waals surface area contributed by atoms with E-state index in [-0.39, 0.29) is 24.8 Å². The zero-order chi connectivity index (χ0) is 21.4. The van der Waals surface area contributed by atoms with Crippen molar-refractivity contribution < 1.29 is 19.7 Å². The highest BCUT2D eigenvalue weighted by atomic mass is 16.5. The van der Waals surface area contributed by atoms with Gasteiger partial charge in [0, 0.05) is 17.7 Å². The van der Waals surface area contributed by atoms with Crippen LogP contribution < -0.4 is 4.74 Å². The molecule has 1 aliphatic heterocycles. The summed E-state index contributed by atoms with van der Waals surface area (Å²) in [5.41, 5.74) is 4.78. The number of nitrogens with one attached hydrogen (secondary N) is 1. The molecule has 0 radical (unpaired) electrons. The highest BCUT2D eigenvalue weighted by molar-refractivity contribution is 6.00. The molecule has 1 amide bonds. The zero-order valence-corrected chi connectivity index (χ0v) is 17.3. The number of carbonyl (C=O) groups is 1. The topological polar surface area (TPSA) is 98.7 Å². The van der Waals surface area contributed by atoms with Crippen molar-refractivity contribution in [3.05, 3.63) is 64.3 Å². The van der Waals surface area contributed by atoms with E-state index in [1.807, 2.05) is 57.2 Å². The van der Waals surface area contributed by atoms with Crippen molar-refractivity contribution in [2.75, 3.05) is 19.8 Å². The monoisotopic (exact) mass is 407 g/mol. The largest absolute Gasteiger partial charge is 0.507 e. The molecular weight excluding hydrogens is 382 g/mol. The Kier molecular flexibility index (Phi) is 5.22. The van der Waals surface area contributed by atoms with Crippen LogP contribution in [0.5, 0.6) is 11.5 Å². The van der Waals surface area contributed by atoms with Crippen LogP contribution in [0.25, 0.3) is 11.3 Å². The number of ether oxygens (including phenoxy) is 1. The van der Waals surface area contributed by atoms with Crippen LogP contribution in [0.15, 0.2) is 36.4 Å². The fourth-order valence-electron chi connectivity index (χ4n) is 4.17. The van der Waals surface area contributed by atoms with E-state index in [9.17, 15) is 15.0 Å². The number of hydrogen-bond donors (Lipinski definition) is 3. The summed E-state index contributed by atoms with van der Waals surface area (Å²) in [4.78, 5) is 14.7. The van der Waals surface area contributed by atoms with Crippen molar-refractivity contribution in [3.8, 4) is 22.8 Å². The van der Waals surface area contributed by atoms with Crippen LogP contribution in [0.3, 0.4) is 0 Å². The van der Waals surface area contributed by atoms with E-state index >= 15 is 0 Å². The minimum atomic E-state index is -0.450. The van der Waals surface area contributed by atoms with Crippen LogP contribution in [0.1, 0.15) is 45.7 Å². The molecule has 1 aliphatic rings. The molecule has 1 atom stereocenters. The first-order chi connectivity index (χ1) is 14.5. The molecule has 0 spiro atoms. The Hall–Kier alpha value is -3.32. The van der Waals surface area contributed by atoms with Crippen molar-refractivity contribution in [1.29, 1.82) is 0 Å². The number of aliphatic hydroxyl groups is 1. The number of fused-ring (bicyclic) bond motifs is 1. The van der Waals surface area contributed by atoms with Gasteiger partial charge in [-0.15, -0.1) is 0 Å². The van der Waals surface area contributed by atoms with Gasteiger partial charge in [-0.2, -0.15) is 5.10 Å². The average Bonchev–Trinajstić information content (AvgIpc) is 3.25. The number of carbonyl (C=O) groups excluding carboxylic acids is 1. The molecule has 0 fully saturated rings. The predicted octanol–water partition coefficient (Wildman–Crippen LogP) is 3.34. The van der Waals surface area contributed by atoms with Gasteiger partial charge in [-0.1, -0.05) is 18.2 Å². The molecular formula is C23H25N3O4. The molecule has 1 aromatic heterocycles. The molecule has 3 N–H and O–H groups in total. The summed E-state index contributed by atoms with van der Waals surface area (Å²) in [6.07, 6.45) is 0. The summed E-state index contributed by atoms with van der Waals surface area (Å²) in [6, 6.07) is 10.9. The summed E-state index contributed by atoms with van der Waals surface area (Å²) in [5.74, 6) is 0.623. The Bertz CT molecular complexity index is 1110. The van der Waals surface area contributed by atoms with Gasteiger partial charge in [0.1, 0.15) is 22.9 Å². The molecule has 4 rings (SSSR count). The second kappa shape index (κ2) is 7.84. The van der Waals surface area contributed by atoms with Gasteiger partial charge in [0.25, 0.3) is 5.91 Å². The number of aryl methyl sites for hydroxylation is 2. The number of phenols is 1. The number of hydrogen-bond acceptors (Lipinski definition) is 5. The van der Waals surface area contributed by atoms with E-state index in [1.165, 1.54) is 0 Å². The molecule has 0 saturated carbocycles.